The maximum Gasteiger partial charge on any atom is 0.250 e. The Morgan fingerprint density at radius 1 is 1.20 bits per heavy atom. The second-order valence-electron chi connectivity index (χ2n) is 7.33. The molecular weight excluding hydrogens is 248 g/mol. The van der Waals surface area contributed by atoms with Crippen LogP contribution in [0.5, 0.6) is 0 Å². The van der Waals surface area contributed by atoms with Crippen molar-refractivity contribution in [2.45, 2.75) is 46.5 Å². The van der Waals surface area contributed by atoms with Crippen LogP contribution in [0.1, 0.15) is 46.5 Å². The van der Waals surface area contributed by atoms with Crippen molar-refractivity contribution in [2.75, 3.05) is 11.9 Å². The first-order valence-electron chi connectivity index (χ1n) is 7.77. The van der Waals surface area contributed by atoms with Gasteiger partial charge in [-0.2, -0.15) is 0 Å². The van der Waals surface area contributed by atoms with Crippen LogP contribution in [0.3, 0.4) is 0 Å². The predicted molar refractivity (Wildman–Crippen MR) is 85.1 cm³/mol. The highest BCUT2D eigenvalue weighted by atomic mass is 16.1. The van der Waals surface area contributed by atoms with E-state index in [2.05, 4.69) is 26.1 Å². The van der Waals surface area contributed by atoms with E-state index in [0.717, 1.165) is 24.1 Å². The molecule has 0 unspecified atom stereocenters. The molecule has 1 N–H and O–H groups in total. The smallest absolute Gasteiger partial charge is 0.250 e. The van der Waals surface area contributed by atoms with Crippen molar-refractivity contribution < 1.29 is 0 Å². The van der Waals surface area contributed by atoms with E-state index in [1.165, 1.54) is 25.7 Å². The van der Waals surface area contributed by atoms with Crippen LogP contribution in [-0.2, 0) is 7.05 Å². The Labute approximate surface area is 122 Å². The van der Waals surface area contributed by atoms with Crippen LogP contribution in [-0.4, -0.2) is 11.1 Å². The van der Waals surface area contributed by atoms with Gasteiger partial charge in [-0.3, -0.25) is 4.79 Å². The summed E-state index contributed by atoms with van der Waals surface area (Å²) >= 11 is 0. The van der Waals surface area contributed by atoms with Gasteiger partial charge in [-0.05, 0) is 49.0 Å². The summed E-state index contributed by atoms with van der Waals surface area (Å²) in [6.07, 6.45) is 7.22. The molecule has 0 aromatic carbocycles. The molecule has 0 aliphatic heterocycles. The van der Waals surface area contributed by atoms with Crippen LogP contribution < -0.4 is 10.9 Å². The first-order chi connectivity index (χ1) is 9.36. The Hall–Kier alpha value is -1.25. The third-order valence-corrected chi connectivity index (χ3v) is 4.75. The minimum atomic E-state index is 0.0428. The molecule has 0 bridgehead atoms. The number of nitrogens with zero attached hydrogens (tertiary/aromatic N) is 1. The van der Waals surface area contributed by atoms with Gasteiger partial charge in [0.1, 0.15) is 0 Å². The molecule has 1 saturated carbocycles. The van der Waals surface area contributed by atoms with Gasteiger partial charge in [0.05, 0.1) is 5.69 Å². The van der Waals surface area contributed by atoms with Gasteiger partial charge in [0.15, 0.2) is 0 Å². The number of pyridine rings is 1. The zero-order valence-electron chi connectivity index (χ0n) is 13.3. The SMILES string of the molecule is Cn1cc(NCC2CCC(C(C)(C)C)CC2)ccc1=O. The lowest BCUT2D eigenvalue weighted by Gasteiger charge is -2.37. The van der Waals surface area contributed by atoms with E-state index < -0.39 is 0 Å². The van der Waals surface area contributed by atoms with Crippen molar-refractivity contribution in [3.8, 4) is 0 Å². The van der Waals surface area contributed by atoms with E-state index in [9.17, 15) is 4.79 Å². The molecule has 1 aromatic heterocycles. The summed E-state index contributed by atoms with van der Waals surface area (Å²) in [7, 11) is 1.79. The topological polar surface area (TPSA) is 34.0 Å². The zero-order valence-corrected chi connectivity index (χ0v) is 13.3. The van der Waals surface area contributed by atoms with Crippen LogP contribution in [0.4, 0.5) is 5.69 Å². The molecule has 0 atom stereocenters. The van der Waals surface area contributed by atoms with Gasteiger partial charge >= 0.3 is 0 Å². The molecule has 1 heterocycles. The largest absolute Gasteiger partial charge is 0.384 e. The molecule has 0 radical (unpaired) electrons. The molecule has 3 heteroatoms. The van der Waals surface area contributed by atoms with Crippen LogP contribution in [0, 0.1) is 17.3 Å². The Bertz CT molecular complexity index is 490. The van der Waals surface area contributed by atoms with E-state index in [1.54, 1.807) is 17.7 Å². The van der Waals surface area contributed by atoms with Gasteiger partial charge in [-0.25, -0.2) is 0 Å². The summed E-state index contributed by atoms with van der Waals surface area (Å²) in [6, 6.07) is 3.50. The minimum absolute atomic E-state index is 0.0428. The van der Waals surface area contributed by atoms with E-state index in [4.69, 9.17) is 0 Å². The maximum absolute atomic E-state index is 11.3. The Kier molecular flexibility index (Phi) is 4.56. The molecule has 0 spiro atoms. The summed E-state index contributed by atoms with van der Waals surface area (Å²) < 4.78 is 1.62. The van der Waals surface area contributed by atoms with Crippen molar-refractivity contribution in [2.24, 2.45) is 24.3 Å². The van der Waals surface area contributed by atoms with Gasteiger partial charge in [-0.1, -0.05) is 20.8 Å². The van der Waals surface area contributed by atoms with Crippen LogP contribution in [0.15, 0.2) is 23.1 Å². The highest BCUT2D eigenvalue weighted by Gasteiger charge is 2.29. The number of rotatable bonds is 3. The molecule has 0 amide bonds. The quantitative estimate of drug-likeness (QED) is 0.914. The van der Waals surface area contributed by atoms with E-state index in [1.807, 2.05) is 12.3 Å². The molecule has 3 nitrogen and oxygen atoms in total. The average molecular weight is 276 g/mol. The highest BCUT2D eigenvalue weighted by Crippen LogP contribution is 2.39. The maximum atomic E-state index is 11.3. The Balaban J connectivity index is 1.81. The monoisotopic (exact) mass is 276 g/mol. The van der Waals surface area contributed by atoms with Crippen molar-refractivity contribution in [1.82, 2.24) is 4.57 Å². The lowest BCUT2D eigenvalue weighted by molar-refractivity contribution is 0.153. The van der Waals surface area contributed by atoms with Crippen LogP contribution >= 0.6 is 0 Å². The lowest BCUT2D eigenvalue weighted by atomic mass is 9.70. The van der Waals surface area contributed by atoms with Gasteiger partial charge in [0.25, 0.3) is 0 Å². The number of aryl methyl sites for hydroxylation is 1. The molecule has 0 saturated heterocycles. The summed E-state index contributed by atoms with van der Waals surface area (Å²) in [5, 5.41) is 3.48. The number of hydrogen-bond acceptors (Lipinski definition) is 2. The Morgan fingerprint density at radius 2 is 1.85 bits per heavy atom. The molecule has 112 valence electrons. The van der Waals surface area contributed by atoms with E-state index >= 15 is 0 Å². The first-order valence-corrected chi connectivity index (χ1v) is 7.77. The fourth-order valence-corrected chi connectivity index (χ4v) is 3.19. The summed E-state index contributed by atoms with van der Waals surface area (Å²) in [6.45, 7) is 8.11. The summed E-state index contributed by atoms with van der Waals surface area (Å²) in [5.41, 5.74) is 1.54. The molecule has 1 aliphatic rings. The number of anilines is 1. The Morgan fingerprint density at radius 3 is 2.40 bits per heavy atom. The molecular formula is C17H28N2O. The normalized spacial score (nSPS) is 23.6. The van der Waals surface area contributed by atoms with Crippen LogP contribution in [0.25, 0.3) is 0 Å². The van der Waals surface area contributed by atoms with Crippen molar-refractivity contribution in [3.05, 3.63) is 28.7 Å². The van der Waals surface area contributed by atoms with Crippen molar-refractivity contribution in [1.29, 1.82) is 0 Å². The third-order valence-electron chi connectivity index (χ3n) is 4.75. The fourth-order valence-electron chi connectivity index (χ4n) is 3.19. The van der Waals surface area contributed by atoms with Crippen molar-refractivity contribution >= 4 is 5.69 Å². The molecule has 20 heavy (non-hydrogen) atoms. The van der Waals surface area contributed by atoms with Gasteiger partial charge < -0.3 is 9.88 Å². The third kappa shape index (κ3) is 3.87. The number of nitrogens with one attached hydrogen (secondary N) is 1. The zero-order chi connectivity index (χ0) is 14.8. The first kappa shape index (κ1) is 15.1. The molecule has 1 aliphatic carbocycles. The second-order valence-corrected chi connectivity index (χ2v) is 7.33. The van der Waals surface area contributed by atoms with Gasteiger partial charge in [0.2, 0.25) is 5.56 Å². The molecule has 2 rings (SSSR count). The summed E-state index contributed by atoms with van der Waals surface area (Å²) in [4.78, 5) is 11.3. The predicted octanol–water partition coefficient (Wildman–Crippen LogP) is 3.65. The van der Waals surface area contributed by atoms with Gasteiger partial charge in [0, 0.05) is 25.9 Å². The summed E-state index contributed by atoms with van der Waals surface area (Å²) in [5.74, 6) is 1.64. The number of aromatic nitrogens is 1. The van der Waals surface area contributed by atoms with E-state index in [-0.39, 0.29) is 5.56 Å². The second kappa shape index (κ2) is 6.02. The highest BCUT2D eigenvalue weighted by molar-refractivity contribution is 5.40. The molecule has 1 aromatic rings. The number of hydrogen-bond donors (Lipinski definition) is 1. The minimum Gasteiger partial charge on any atom is -0.384 e. The fraction of sp³-hybridized carbons (Fsp3) is 0.706. The van der Waals surface area contributed by atoms with Gasteiger partial charge in [-0.15, -0.1) is 0 Å². The van der Waals surface area contributed by atoms with Crippen molar-refractivity contribution in [3.63, 3.8) is 0 Å². The lowest BCUT2D eigenvalue weighted by Crippen LogP contribution is -2.28. The van der Waals surface area contributed by atoms with Crippen LogP contribution in [0.2, 0.25) is 0 Å². The van der Waals surface area contributed by atoms with E-state index in [0.29, 0.717) is 5.41 Å². The standard InChI is InChI=1S/C17H28N2O/c1-17(2,3)14-7-5-13(6-8-14)11-18-15-9-10-16(20)19(4)12-15/h9-10,12-14,18H,5-8,11H2,1-4H3. The average Bonchev–Trinajstić information content (AvgIpc) is 2.40. The molecule has 1 fully saturated rings.